The van der Waals surface area contributed by atoms with Gasteiger partial charge in [0, 0.05) is 11.1 Å². The standard InChI is InChI=1S/C19H24Cl2N4O2/c1-12-18(23-19(26)22-15-6-4-3-5-7-15)13(2)25(24-12)11-27-17-9-8-14(20)10-16(17)21/h8-10,15H,3-7,11H2,1-2H3,(H2,22,23,26). The molecule has 6 nitrogen and oxygen atoms in total. The van der Waals surface area contributed by atoms with Crippen LogP contribution < -0.4 is 15.4 Å². The van der Waals surface area contributed by atoms with E-state index in [-0.39, 0.29) is 18.8 Å². The molecule has 1 heterocycles. The highest BCUT2D eigenvalue weighted by Gasteiger charge is 2.18. The lowest BCUT2D eigenvalue weighted by molar-refractivity contribution is 0.218. The van der Waals surface area contributed by atoms with Gasteiger partial charge in [-0.05, 0) is 44.9 Å². The molecule has 8 heteroatoms. The third-order valence-electron chi connectivity index (χ3n) is 4.80. The van der Waals surface area contributed by atoms with Gasteiger partial charge in [0.05, 0.1) is 22.1 Å². The summed E-state index contributed by atoms with van der Waals surface area (Å²) in [7, 11) is 0. The Kier molecular flexibility index (Phi) is 6.50. The van der Waals surface area contributed by atoms with Crippen LogP contribution in [0.3, 0.4) is 0 Å². The number of hydrogen-bond acceptors (Lipinski definition) is 3. The van der Waals surface area contributed by atoms with E-state index in [9.17, 15) is 4.79 Å². The van der Waals surface area contributed by atoms with Gasteiger partial charge in [0.15, 0.2) is 6.73 Å². The maximum atomic E-state index is 12.3. The van der Waals surface area contributed by atoms with E-state index in [4.69, 9.17) is 27.9 Å². The molecule has 0 atom stereocenters. The average molecular weight is 411 g/mol. The largest absolute Gasteiger partial charge is 0.470 e. The first-order valence-corrected chi connectivity index (χ1v) is 9.89. The van der Waals surface area contributed by atoms with Crippen LogP contribution in [0.4, 0.5) is 10.5 Å². The van der Waals surface area contributed by atoms with Gasteiger partial charge in [0.25, 0.3) is 0 Å². The Morgan fingerprint density at radius 1 is 1.26 bits per heavy atom. The second-order valence-electron chi connectivity index (χ2n) is 6.83. The number of ether oxygens (including phenoxy) is 1. The number of anilines is 1. The van der Waals surface area contributed by atoms with Crippen molar-refractivity contribution in [2.24, 2.45) is 0 Å². The van der Waals surface area contributed by atoms with Crippen molar-refractivity contribution in [1.82, 2.24) is 15.1 Å². The Bertz CT molecular complexity index is 816. The molecule has 2 amide bonds. The van der Waals surface area contributed by atoms with Gasteiger partial charge < -0.3 is 15.4 Å². The van der Waals surface area contributed by atoms with Gasteiger partial charge in [-0.2, -0.15) is 5.10 Å². The second-order valence-corrected chi connectivity index (χ2v) is 7.67. The Balaban J connectivity index is 1.62. The number of aromatic nitrogens is 2. The minimum Gasteiger partial charge on any atom is -0.470 e. The maximum absolute atomic E-state index is 12.3. The fourth-order valence-electron chi connectivity index (χ4n) is 3.31. The number of nitrogens with one attached hydrogen (secondary N) is 2. The van der Waals surface area contributed by atoms with E-state index in [1.165, 1.54) is 19.3 Å². The van der Waals surface area contributed by atoms with E-state index in [0.29, 0.717) is 21.5 Å². The van der Waals surface area contributed by atoms with E-state index >= 15 is 0 Å². The minimum absolute atomic E-state index is 0.181. The van der Waals surface area contributed by atoms with Crippen molar-refractivity contribution in [3.63, 3.8) is 0 Å². The number of halogens is 2. The lowest BCUT2D eigenvalue weighted by atomic mass is 9.96. The van der Waals surface area contributed by atoms with E-state index in [1.54, 1.807) is 22.9 Å². The second kappa shape index (κ2) is 8.85. The number of carbonyl (C=O) groups excluding carboxylic acids is 1. The molecule has 1 aromatic heterocycles. The van der Waals surface area contributed by atoms with Crippen molar-refractivity contribution in [3.05, 3.63) is 39.6 Å². The van der Waals surface area contributed by atoms with Crippen LogP contribution >= 0.6 is 23.2 Å². The zero-order chi connectivity index (χ0) is 19.4. The van der Waals surface area contributed by atoms with Crippen molar-refractivity contribution in [3.8, 4) is 5.75 Å². The molecule has 146 valence electrons. The first-order valence-electron chi connectivity index (χ1n) is 9.13. The molecule has 1 aliphatic carbocycles. The van der Waals surface area contributed by atoms with Crippen LogP contribution in [-0.4, -0.2) is 21.9 Å². The summed E-state index contributed by atoms with van der Waals surface area (Å²) in [6, 6.07) is 5.13. The Morgan fingerprint density at radius 2 is 2.00 bits per heavy atom. The molecular weight excluding hydrogens is 387 g/mol. The molecule has 0 spiro atoms. The van der Waals surface area contributed by atoms with Crippen LogP contribution in [-0.2, 0) is 6.73 Å². The number of nitrogens with zero attached hydrogens (tertiary/aromatic N) is 2. The van der Waals surface area contributed by atoms with Gasteiger partial charge in [0.2, 0.25) is 0 Å². The summed E-state index contributed by atoms with van der Waals surface area (Å²) in [4.78, 5) is 12.3. The summed E-state index contributed by atoms with van der Waals surface area (Å²) >= 11 is 12.0. The molecule has 1 aliphatic rings. The molecule has 3 rings (SSSR count). The van der Waals surface area contributed by atoms with Gasteiger partial charge in [-0.25, -0.2) is 9.48 Å². The third kappa shape index (κ3) is 5.08. The maximum Gasteiger partial charge on any atom is 0.319 e. The van der Waals surface area contributed by atoms with Crippen molar-refractivity contribution < 1.29 is 9.53 Å². The third-order valence-corrected chi connectivity index (χ3v) is 5.33. The average Bonchev–Trinajstić information content (AvgIpc) is 2.89. The fraction of sp³-hybridized carbons (Fsp3) is 0.474. The van der Waals surface area contributed by atoms with Gasteiger partial charge in [-0.1, -0.05) is 42.5 Å². The highest BCUT2D eigenvalue weighted by Crippen LogP contribution is 2.28. The van der Waals surface area contributed by atoms with Crippen molar-refractivity contribution in [2.75, 3.05) is 5.32 Å². The molecular formula is C19H24Cl2N4O2. The summed E-state index contributed by atoms with van der Waals surface area (Å²) < 4.78 is 7.43. The molecule has 0 aliphatic heterocycles. The number of benzene rings is 1. The van der Waals surface area contributed by atoms with E-state index in [2.05, 4.69) is 15.7 Å². The molecule has 0 bridgehead atoms. The lowest BCUT2D eigenvalue weighted by Gasteiger charge is -2.22. The predicted molar refractivity (Wildman–Crippen MR) is 108 cm³/mol. The molecule has 1 aromatic carbocycles. The predicted octanol–water partition coefficient (Wildman–Crippen LogP) is 5.30. The summed E-state index contributed by atoms with van der Waals surface area (Å²) in [5, 5.41) is 11.4. The van der Waals surface area contributed by atoms with Gasteiger partial charge in [-0.15, -0.1) is 0 Å². The first-order chi connectivity index (χ1) is 12.9. The highest BCUT2D eigenvalue weighted by atomic mass is 35.5. The molecule has 2 N–H and O–H groups in total. The highest BCUT2D eigenvalue weighted by molar-refractivity contribution is 6.35. The SMILES string of the molecule is Cc1nn(COc2ccc(Cl)cc2Cl)c(C)c1NC(=O)NC1CCCCC1. The fourth-order valence-corrected chi connectivity index (χ4v) is 3.77. The zero-order valence-electron chi connectivity index (χ0n) is 15.5. The molecule has 27 heavy (non-hydrogen) atoms. The number of aryl methyl sites for hydroxylation is 1. The zero-order valence-corrected chi connectivity index (χ0v) is 17.0. The van der Waals surface area contributed by atoms with E-state index in [1.807, 2.05) is 13.8 Å². The topological polar surface area (TPSA) is 68.2 Å². The number of rotatable bonds is 5. The Labute approximate surface area is 169 Å². The van der Waals surface area contributed by atoms with Gasteiger partial charge in [0.1, 0.15) is 5.75 Å². The van der Waals surface area contributed by atoms with E-state index < -0.39 is 0 Å². The molecule has 0 unspecified atom stereocenters. The van der Waals surface area contributed by atoms with Crippen LogP contribution in [0.2, 0.25) is 10.0 Å². The van der Waals surface area contributed by atoms with Crippen molar-refractivity contribution in [2.45, 2.75) is 58.7 Å². The molecule has 1 saturated carbocycles. The Morgan fingerprint density at radius 3 is 2.70 bits per heavy atom. The lowest BCUT2D eigenvalue weighted by Crippen LogP contribution is -2.39. The van der Waals surface area contributed by atoms with Gasteiger partial charge >= 0.3 is 6.03 Å². The minimum atomic E-state index is -0.186. The van der Waals surface area contributed by atoms with Crippen LogP contribution in [0.15, 0.2) is 18.2 Å². The summed E-state index contributed by atoms with van der Waals surface area (Å²) in [5.41, 5.74) is 2.25. The number of urea groups is 1. The quantitative estimate of drug-likeness (QED) is 0.702. The molecule has 2 aromatic rings. The smallest absolute Gasteiger partial charge is 0.319 e. The van der Waals surface area contributed by atoms with Crippen LogP contribution in [0, 0.1) is 13.8 Å². The van der Waals surface area contributed by atoms with Crippen molar-refractivity contribution >= 4 is 34.9 Å². The van der Waals surface area contributed by atoms with Crippen LogP contribution in [0.1, 0.15) is 43.5 Å². The van der Waals surface area contributed by atoms with Crippen LogP contribution in [0.5, 0.6) is 5.75 Å². The first kappa shape index (κ1) is 19.8. The summed E-state index contributed by atoms with van der Waals surface area (Å²) in [6.45, 7) is 3.93. The number of amides is 2. The number of hydrogen-bond donors (Lipinski definition) is 2. The van der Waals surface area contributed by atoms with E-state index in [0.717, 1.165) is 24.2 Å². The Hall–Kier alpha value is -1.92. The summed E-state index contributed by atoms with van der Waals surface area (Å²) in [6.07, 6.45) is 5.68. The molecule has 0 saturated heterocycles. The van der Waals surface area contributed by atoms with Crippen LogP contribution in [0.25, 0.3) is 0 Å². The van der Waals surface area contributed by atoms with Gasteiger partial charge in [-0.3, -0.25) is 0 Å². The molecule has 1 fully saturated rings. The normalized spacial score (nSPS) is 14.8. The molecule has 0 radical (unpaired) electrons. The summed E-state index contributed by atoms with van der Waals surface area (Å²) in [5.74, 6) is 0.526. The number of carbonyl (C=O) groups is 1. The van der Waals surface area contributed by atoms with Crippen molar-refractivity contribution in [1.29, 1.82) is 0 Å². The monoisotopic (exact) mass is 410 g/mol.